The summed E-state index contributed by atoms with van der Waals surface area (Å²) < 4.78 is 60.3. The van der Waals surface area contributed by atoms with Crippen LogP contribution in [0.15, 0.2) is 64.4 Å². The van der Waals surface area contributed by atoms with Crippen molar-refractivity contribution in [2.24, 2.45) is 0 Å². The summed E-state index contributed by atoms with van der Waals surface area (Å²) in [7, 11) is -6.49. The summed E-state index contributed by atoms with van der Waals surface area (Å²) in [6.45, 7) is 6.76. The van der Waals surface area contributed by atoms with E-state index in [2.05, 4.69) is 10.2 Å². The van der Waals surface area contributed by atoms with Gasteiger partial charge in [0, 0.05) is 11.6 Å². The minimum Gasteiger partial charge on any atom is -0.497 e. The van der Waals surface area contributed by atoms with Crippen molar-refractivity contribution in [3.63, 3.8) is 0 Å². The molecule has 0 N–H and O–H groups in total. The first-order valence-corrected chi connectivity index (χ1v) is 13.2. The Labute approximate surface area is 198 Å². The molecule has 0 aliphatic carbocycles. The number of aromatic nitrogens is 4. The van der Waals surface area contributed by atoms with Crippen molar-refractivity contribution >= 4 is 20.0 Å². The van der Waals surface area contributed by atoms with Crippen LogP contribution in [0.3, 0.4) is 0 Å². The molecular weight excluding hydrogens is 476 g/mol. The van der Waals surface area contributed by atoms with Crippen LogP contribution in [0.25, 0.3) is 11.1 Å². The molecule has 2 aromatic heterocycles. The lowest BCUT2D eigenvalue weighted by molar-refractivity contribution is 0.413. The summed E-state index contributed by atoms with van der Waals surface area (Å²) in [5, 5.41) is 8.21. The van der Waals surface area contributed by atoms with Gasteiger partial charge in [-0.05, 0) is 69.7 Å². The topological polar surface area (TPSA) is 113 Å². The van der Waals surface area contributed by atoms with Gasteiger partial charge in [-0.2, -0.15) is 35.2 Å². The summed E-state index contributed by atoms with van der Waals surface area (Å²) in [5.74, 6) is 0.368. The first-order chi connectivity index (χ1) is 15.9. The predicted octanol–water partition coefficient (Wildman–Crippen LogP) is 3.46. The molecule has 0 bridgehead atoms. The maximum absolute atomic E-state index is 13.5. The molecule has 2 aromatic carbocycles. The zero-order chi connectivity index (χ0) is 24.8. The Morgan fingerprint density at radius 3 is 1.71 bits per heavy atom. The number of hydrogen-bond donors (Lipinski definition) is 0. The van der Waals surface area contributed by atoms with E-state index in [-0.39, 0.29) is 9.79 Å². The van der Waals surface area contributed by atoms with Crippen LogP contribution in [0.4, 0.5) is 0 Å². The van der Waals surface area contributed by atoms with Crippen LogP contribution in [0, 0.1) is 27.7 Å². The second-order valence-electron chi connectivity index (χ2n) is 7.94. The molecule has 178 valence electrons. The van der Waals surface area contributed by atoms with Crippen LogP contribution in [0.2, 0.25) is 0 Å². The van der Waals surface area contributed by atoms with Gasteiger partial charge < -0.3 is 4.74 Å². The van der Waals surface area contributed by atoms with E-state index in [1.807, 2.05) is 0 Å². The van der Waals surface area contributed by atoms with Crippen molar-refractivity contribution in [3.05, 3.63) is 77.4 Å². The molecule has 0 amide bonds. The van der Waals surface area contributed by atoms with Crippen LogP contribution in [0.5, 0.6) is 5.75 Å². The number of benzene rings is 2. The van der Waals surface area contributed by atoms with Gasteiger partial charge in [0.1, 0.15) is 10.6 Å². The van der Waals surface area contributed by atoms with Gasteiger partial charge in [0.05, 0.1) is 34.8 Å². The lowest BCUT2D eigenvalue weighted by atomic mass is 10.1. The quantitative estimate of drug-likeness (QED) is 0.398. The fourth-order valence-electron chi connectivity index (χ4n) is 3.78. The molecule has 0 atom stereocenters. The van der Waals surface area contributed by atoms with Crippen molar-refractivity contribution in [1.82, 2.24) is 18.4 Å². The van der Waals surface area contributed by atoms with Gasteiger partial charge in [-0.1, -0.05) is 12.1 Å². The predicted molar refractivity (Wildman–Crippen MR) is 127 cm³/mol. The van der Waals surface area contributed by atoms with E-state index in [1.54, 1.807) is 64.1 Å². The van der Waals surface area contributed by atoms with Gasteiger partial charge in [-0.3, -0.25) is 0 Å². The Bertz CT molecular complexity index is 1600. The third kappa shape index (κ3) is 4.01. The summed E-state index contributed by atoms with van der Waals surface area (Å²) in [5.41, 5.74) is 3.05. The fraction of sp³-hybridized carbons (Fsp3) is 0.217. The second kappa shape index (κ2) is 8.41. The SMILES string of the molecule is COc1ccc(-c2ccc(S(=O)(=O)n3nc(C)cc3C)cc2)c(S(=O)(=O)n2nc(C)cc2C)c1. The van der Waals surface area contributed by atoms with Crippen LogP contribution in [-0.2, 0) is 20.0 Å². The molecule has 4 aromatic rings. The smallest absolute Gasteiger partial charge is 0.283 e. The number of methoxy groups -OCH3 is 1. The third-order valence-electron chi connectivity index (χ3n) is 5.32. The number of ether oxygens (including phenoxy) is 1. The average Bonchev–Trinajstić information content (AvgIpc) is 3.33. The Balaban J connectivity index is 1.83. The summed E-state index contributed by atoms with van der Waals surface area (Å²) in [6, 6.07) is 14.1. The highest BCUT2D eigenvalue weighted by Crippen LogP contribution is 2.33. The molecule has 0 saturated heterocycles. The standard InChI is InChI=1S/C23H24N4O5S2/c1-15-12-17(3)26(24-15)33(28,29)21-9-6-19(7-10-21)22-11-8-20(32-5)14-23(22)34(30,31)27-18(4)13-16(2)25-27/h6-14H,1-5H3. The highest BCUT2D eigenvalue weighted by atomic mass is 32.2. The molecule has 0 fully saturated rings. The maximum Gasteiger partial charge on any atom is 0.283 e. The molecule has 2 heterocycles. The maximum atomic E-state index is 13.5. The molecule has 34 heavy (non-hydrogen) atoms. The molecule has 0 saturated carbocycles. The molecular formula is C23H24N4O5S2. The van der Waals surface area contributed by atoms with Gasteiger partial charge in [-0.15, -0.1) is 0 Å². The Hall–Kier alpha value is -3.44. The van der Waals surface area contributed by atoms with Crippen molar-refractivity contribution in [3.8, 4) is 16.9 Å². The molecule has 9 nitrogen and oxygen atoms in total. The third-order valence-corrected chi connectivity index (χ3v) is 8.73. The zero-order valence-electron chi connectivity index (χ0n) is 19.3. The van der Waals surface area contributed by atoms with E-state index in [1.165, 1.54) is 25.3 Å². The van der Waals surface area contributed by atoms with Crippen LogP contribution in [-0.4, -0.2) is 42.3 Å². The minimum atomic E-state index is -4.05. The highest BCUT2D eigenvalue weighted by molar-refractivity contribution is 7.90. The van der Waals surface area contributed by atoms with Crippen molar-refractivity contribution in [2.45, 2.75) is 37.5 Å². The monoisotopic (exact) mass is 500 g/mol. The normalized spacial score (nSPS) is 12.1. The van der Waals surface area contributed by atoms with E-state index in [9.17, 15) is 16.8 Å². The van der Waals surface area contributed by atoms with Crippen LogP contribution in [0.1, 0.15) is 22.8 Å². The Morgan fingerprint density at radius 1 is 0.706 bits per heavy atom. The van der Waals surface area contributed by atoms with Gasteiger partial charge in [0.25, 0.3) is 20.0 Å². The summed E-state index contributed by atoms with van der Waals surface area (Å²) in [6.07, 6.45) is 0. The molecule has 0 spiro atoms. The lowest BCUT2D eigenvalue weighted by Gasteiger charge is -2.14. The fourth-order valence-corrected chi connectivity index (χ4v) is 6.72. The van der Waals surface area contributed by atoms with Crippen LogP contribution < -0.4 is 4.74 Å². The van der Waals surface area contributed by atoms with Gasteiger partial charge in [0.2, 0.25) is 0 Å². The highest BCUT2D eigenvalue weighted by Gasteiger charge is 2.26. The first kappa shape index (κ1) is 23.7. The summed E-state index contributed by atoms with van der Waals surface area (Å²) in [4.78, 5) is 0.0334. The van der Waals surface area contributed by atoms with Crippen molar-refractivity contribution in [2.75, 3.05) is 7.11 Å². The largest absolute Gasteiger partial charge is 0.497 e. The Morgan fingerprint density at radius 2 is 1.24 bits per heavy atom. The number of rotatable bonds is 6. The molecule has 0 aliphatic heterocycles. The van der Waals surface area contributed by atoms with E-state index in [0.717, 1.165) is 8.17 Å². The summed E-state index contributed by atoms with van der Waals surface area (Å²) >= 11 is 0. The van der Waals surface area contributed by atoms with Crippen molar-refractivity contribution in [1.29, 1.82) is 0 Å². The molecule has 4 rings (SSSR count). The average molecular weight is 501 g/mol. The van der Waals surface area contributed by atoms with E-state index in [0.29, 0.717) is 39.7 Å². The van der Waals surface area contributed by atoms with Gasteiger partial charge in [0.15, 0.2) is 0 Å². The van der Waals surface area contributed by atoms with Gasteiger partial charge >= 0.3 is 0 Å². The van der Waals surface area contributed by atoms with E-state index < -0.39 is 20.0 Å². The van der Waals surface area contributed by atoms with Crippen LogP contribution >= 0.6 is 0 Å². The van der Waals surface area contributed by atoms with Crippen molar-refractivity contribution < 1.29 is 21.6 Å². The first-order valence-electron chi connectivity index (χ1n) is 10.3. The second-order valence-corrected chi connectivity index (χ2v) is 11.4. The lowest BCUT2D eigenvalue weighted by Crippen LogP contribution is -2.17. The minimum absolute atomic E-state index is 0.00722. The zero-order valence-corrected chi connectivity index (χ0v) is 21.0. The molecule has 0 aliphatic rings. The molecule has 0 unspecified atom stereocenters. The number of hydrogen-bond acceptors (Lipinski definition) is 7. The molecule has 11 heteroatoms. The van der Waals surface area contributed by atoms with E-state index in [4.69, 9.17) is 4.74 Å². The Kier molecular flexibility index (Phi) is 5.86. The number of nitrogens with zero attached hydrogens (tertiary/aromatic N) is 4. The van der Waals surface area contributed by atoms with E-state index >= 15 is 0 Å². The number of aryl methyl sites for hydroxylation is 4. The molecule has 0 radical (unpaired) electrons. The van der Waals surface area contributed by atoms with Gasteiger partial charge in [-0.25, -0.2) is 0 Å².